The van der Waals surface area contributed by atoms with Crippen LogP contribution in [0.3, 0.4) is 0 Å². The van der Waals surface area contributed by atoms with E-state index in [1.165, 1.54) is 19.3 Å². The van der Waals surface area contributed by atoms with Gasteiger partial charge in [0.25, 0.3) is 0 Å². The molecule has 0 radical (unpaired) electrons. The smallest absolute Gasteiger partial charge is 0.243 e. The maximum atomic E-state index is 13.8. The van der Waals surface area contributed by atoms with Crippen LogP contribution in [0.2, 0.25) is 0 Å². The van der Waals surface area contributed by atoms with Gasteiger partial charge in [0.1, 0.15) is 0 Å². The van der Waals surface area contributed by atoms with Crippen LogP contribution in [0.5, 0.6) is 0 Å². The first-order chi connectivity index (χ1) is 26.5. The van der Waals surface area contributed by atoms with Crippen LogP contribution in [0.25, 0.3) is 11.1 Å². The molecule has 55 heavy (non-hydrogen) atoms. The number of hydrogen-bond acceptors (Lipinski definition) is 8. The van der Waals surface area contributed by atoms with Gasteiger partial charge >= 0.3 is 0 Å². The zero-order chi connectivity index (χ0) is 39.0. The molecule has 0 aromatic heterocycles. The van der Waals surface area contributed by atoms with Gasteiger partial charge in [-0.05, 0) is 98.7 Å². The fourth-order valence-electron chi connectivity index (χ4n) is 8.48. The van der Waals surface area contributed by atoms with Crippen molar-refractivity contribution >= 4 is 17.7 Å². The summed E-state index contributed by atoms with van der Waals surface area (Å²) in [6.45, 7) is 7.07. The Morgan fingerprint density at radius 3 is 2.29 bits per heavy atom. The molecule has 2 aliphatic heterocycles. The van der Waals surface area contributed by atoms with Gasteiger partial charge in [0.2, 0.25) is 17.7 Å². The van der Waals surface area contributed by atoms with Gasteiger partial charge in [-0.25, -0.2) is 5.48 Å². The molecule has 3 aromatic carbocycles. The highest BCUT2D eigenvalue weighted by atomic mass is 16.7. The van der Waals surface area contributed by atoms with E-state index >= 15 is 0 Å². The predicted molar refractivity (Wildman–Crippen MR) is 209 cm³/mol. The fourth-order valence-corrected chi connectivity index (χ4v) is 8.48. The average Bonchev–Trinajstić information content (AvgIpc) is 3.19. The van der Waals surface area contributed by atoms with Crippen molar-refractivity contribution in [1.29, 1.82) is 0 Å². The third-order valence-electron chi connectivity index (χ3n) is 11.2. The Balaban J connectivity index is 1.22. The molecule has 0 spiro atoms. The van der Waals surface area contributed by atoms with Gasteiger partial charge in [-0.15, -0.1) is 0 Å². The third-order valence-corrected chi connectivity index (χ3v) is 11.2. The van der Waals surface area contributed by atoms with E-state index in [0.29, 0.717) is 37.9 Å². The van der Waals surface area contributed by atoms with Gasteiger partial charge in [0, 0.05) is 49.5 Å². The van der Waals surface area contributed by atoms with Crippen molar-refractivity contribution in [2.45, 2.75) is 134 Å². The summed E-state index contributed by atoms with van der Waals surface area (Å²) < 4.78 is 13.7. The highest BCUT2D eigenvalue weighted by Gasteiger charge is 2.44. The fraction of sp³-hybridized carbons (Fsp3) is 0.523. The molecule has 0 unspecified atom stereocenters. The lowest BCUT2D eigenvalue weighted by atomic mass is 9.75. The normalized spacial score (nSPS) is 24.4. The molecule has 3 fully saturated rings. The Morgan fingerprint density at radius 2 is 1.55 bits per heavy atom. The third kappa shape index (κ3) is 11.0. The zero-order valence-electron chi connectivity index (χ0n) is 32.5. The Kier molecular flexibility index (Phi) is 13.8. The van der Waals surface area contributed by atoms with Crippen LogP contribution in [-0.2, 0) is 37.0 Å². The summed E-state index contributed by atoms with van der Waals surface area (Å²) in [6.07, 6.45) is 6.80. The number of carbonyl (C=O) groups is 3. The molecule has 1 saturated carbocycles. The van der Waals surface area contributed by atoms with E-state index in [4.69, 9.17) is 14.7 Å². The van der Waals surface area contributed by atoms with E-state index in [0.717, 1.165) is 52.6 Å². The van der Waals surface area contributed by atoms with E-state index in [9.17, 15) is 19.5 Å². The minimum atomic E-state index is -0.648. The lowest BCUT2D eigenvalue weighted by Gasteiger charge is -2.50. The van der Waals surface area contributed by atoms with Gasteiger partial charge in [0.05, 0.1) is 24.9 Å². The molecule has 11 nitrogen and oxygen atoms in total. The summed E-state index contributed by atoms with van der Waals surface area (Å²) in [5.41, 5.74) is 6.93. The topological polar surface area (TPSA) is 149 Å². The second-order valence-electron chi connectivity index (χ2n) is 16.5. The maximum absolute atomic E-state index is 13.8. The van der Waals surface area contributed by atoms with Crippen LogP contribution in [0.4, 0.5) is 0 Å². The molecule has 6 atom stereocenters. The number of rotatable bonds is 13. The molecule has 3 aromatic rings. The van der Waals surface area contributed by atoms with Crippen molar-refractivity contribution in [2.24, 2.45) is 5.92 Å². The summed E-state index contributed by atoms with van der Waals surface area (Å²) in [5.74, 6) is 0.0107. The van der Waals surface area contributed by atoms with E-state index in [-0.39, 0.29) is 55.1 Å². The van der Waals surface area contributed by atoms with E-state index in [1.54, 1.807) is 5.48 Å². The summed E-state index contributed by atoms with van der Waals surface area (Å²) in [4.78, 5) is 39.9. The molecular weight excluding hydrogens is 697 g/mol. The molecule has 2 heterocycles. The minimum absolute atomic E-state index is 0.0262. The Bertz CT molecular complexity index is 1760. The van der Waals surface area contributed by atoms with E-state index in [1.807, 2.05) is 81.4 Å². The maximum Gasteiger partial charge on any atom is 0.243 e. The van der Waals surface area contributed by atoms with Crippen molar-refractivity contribution in [3.63, 3.8) is 0 Å². The standard InChI is InChI=1S/C44H58N4O7/c1-44(2,3)46-42(52)38-22-21-31-10-4-5-14-37(31)48(38)27-36-25-39(32-19-17-29(28-49)18-20-32)55-43(54-36)35-13-7-12-34(24-35)33-11-6-9-30(23-33)26-45-40(50)15-8-16-41(51)47-53/h6-7,9,11-13,17-20,23-24,31,36-39,43,49,53H,4-5,8,10,14-16,21-22,25-28H2,1-3H3,(H,45,50)(H,46,52)(H,47,51)/t31-,36-,37-,38-,39+,43+/m1/s1. The second-order valence-corrected chi connectivity index (χ2v) is 16.5. The number of nitrogens with zero attached hydrogens (tertiary/aromatic N) is 1. The number of nitrogens with one attached hydrogen (secondary N) is 3. The molecule has 2 saturated heterocycles. The van der Waals surface area contributed by atoms with Crippen molar-refractivity contribution in [1.82, 2.24) is 21.0 Å². The number of piperidine rings is 1. The number of likely N-dealkylation sites (tertiary alicyclic amines) is 1. The van der Waals surface area contributed by atoms with Crippen molar-refractivity contribution in [3.8, 4) is 11.1 Å². The predicted octanol–water partition coefficient (Wildman–Crippen LogP) is 6.62. The quantitative estimate of drug-likeness (QED) is 0.0966. The first-order valence-corrected chi connectivity index (χ1v) is 20.0. The van der Waals surface area contributed by atoms with Crippen molar-refractivity contribution in [3.05, 3.63) is 95.1 Å². The van der Waals surface area contributed by atoms with Crippen molar-refractivity contribution < 1.29 is 34.2 Å². The molecular formula is C44H58N4O7. The number of fused-ring (bicyclic) bond motifs is 1. The number of amides is 3. The van der Waals surface area contributed by atoms with Crippen molar-refractivity contribution in [2.75, 3.05) is 6.54 Å². The Morgan fingerprint density at radius 1 is 0.818 bits per heavy atom. The van der Waals surface area contributed by atoms with E-state index in [2.05, 4.69) is 27.7 Å². The van der Waals surface area contributed by atoms with Gasteiger partial charge in [-0.1, -0.05) is 73.5 Å². The molecule has 5 N–H and O–H groups in total. The van der Waals surface area contributed by atoms with Crippen LogP contribution < -0.4 is 16.1 Å². The van der Waals surface area contributed by atoms with Crippen LogP contribution in [0, 0.1) is 5.92 Å². The van der Waals surface area contributed by atoms with Crippen LogP contribution in [-0.4, -0.2) is 63.2 Å². The van der Waals surface area contributed by atoms with Crippen LogP contribution in [0.15, 0.2) is 72.8 Å². The minimum Gasteiger partial charge on any atom is -0.392 e. The molecule has 11 heteroatoms. The Hall–Kier alpha value is -4.13. The van der Waals surface area contributed by atoms with Gasteiger partial charge < -0.3 is 25.2 Å². The zero-order valence-corrected chi connectivity index (χ0v) is 32.5. The molecule has 3 amide bonds. The van der Waals surface area contributed by atoms with Crippen LogP contribution >= 0.6 is 0 Å². The highest BCUT2D eigenvalue weighted by Crippen LogP contribution is 2.42. The van der Waals surface area contributed by atoms with Gasteiger partial charge in [-0.2, -0.15) is 0 Å². The van der Waals surface area contributed by atoms with Crippen LogP contribution in [0.1, 0.15) is 120 Å². The first-order valence-electron chi connectivity index (χ1n) is 20.0. The lowest BCUT2D eigenvalue weighted by Crippen LogP contribution is -2.61. The summed E-state index contributed by atoms with van der Waals surface area (Å²) in [6, 6.07) is 24.3. The molecule has 1 aliphatic carbocycles. The summed E-state index contributed by atoms with van der Waals surface area (Å²) >= 11 is 0. The molecule has 296 valence electrons. The Labute approximate surface area is 325 Å². The highest BCUT2D eigenvalue weighted by molar-refractivity contribution is 5.82. The summed E-state index contributed by atoms with van der Waals surface area (Å²) in [5, 5.41) is 24.6. The lowest BCUT2D eigenvalue weighted by molar-refractivity contribution is -0.255. The monoisotopic (exact) mass is 754 g/mol. The SMILES string of the molecule is CC(C)(C)NC(=O)[C@H]1CC[C@H]2CCCC[C@H]2N1C[C@H]1C[C@@H](c2ccc(CO)cc2)O[C@@H](c2cccc(-c3cccc(CNC(=O)CCCC(=O)NO)c3)c2)O1. The molecule has 6 rings (SSSR count). The molecule has 0 bridgehead atoms. The van der Waals surface area contributed by atoms with Gasteiger partial charge in [-0.3, -0.25) is 24.5 Å². The van der Waals surface area contributed by atoms with E-state index < -0.39 is 12.2 Å². The molecule has 3 aliphatic rings. The number of ether oxygens (including phenoxy) is 2. The van der Waals surface area contributed by atoms with Gasteiger partial charge in [0.15, 0.2) is 6.29 Å². The summed E-state index contributed by atoms with van der Waals surface area (Å²) in [7, 11) is 0. The second kappa shape index (κ2) is 18.7. The number of aliphatic hydroxyl groups excluding tert-OH is 1. The number of aliphatic hydroxyl groups is 1. The number of hydroxylamine groups is 1. The number of carbonyl (C=O) groups excluding carboxylic acids is 3. The first kappa shape index (κ1) is 40.5. The number of hydrogen-bond donors (Lipinski definition) is 5. The average molecular weight is 755 g/mol. The largest absolute Gasteiger partial charge is 0.392 e. The number of benzene rings is 3.